The van der Waals surface area contributed by atoms with Gasteiger partial charge in [0.25, 0.3) is 5.91 Å². The average Bonchev–Trinajstić information content (AvgIpc) is 2.27. The minimum Gasteiger partial charge on any atom is -0.355 e. The first kappa shape index (κ1) is 13.5. The molecule has 2 N–H and O–H groups in total. The van der Waals surface area contributed by atoms with Crippen LogP contribution in [0.5, 0.6) is 0 Å². The maximum Gasteiger partial charge on any atom is 0.251 e. The molecule has 0 radical (unpaired) electrons. The van der Waals surface area contributed by atoms with Crippen LogP contribution in [0.2, 0.25) is 0 Å². The van der Waals surface area contributed by atoms with Crippen LogP contribution in [0.1, 0.15) is 17.3 Å². The number of hydrogen-bond acceptors (Lipinski definition) is 3. The minimum absolute atomic E-state index is 0.125. The van der Waals surface area contributed by atoms with Gasteiger partial charge in [-0.25, -0.2) is 4.39 Å². The van der Waals surface area contributed by atoms with Crippen LogP contribution in [0.3, 0.4) is 0 Å². The number of thiol groups is 1. The molecular weight excluding hydrogens is 243 g/mol. The molecule has 0 heterocycles. The smallest absolute Gasteiger partial charge is 0.251 e. The number of carbonyl (C=O) groups excluding carboxylic acids is 2. The third-order valence-electron chi connectivity index (χ3n) is 1.99. The Balaban J connectivity index is 2.47. The number of carbonyl (C=O) groups is 2. The predicted molar refractivity (Wildman–Crippen MR) is 64.7 cm³/mol. The van der Waals surface area contributed by atoms with Gasteiger partial charge in [-0.05, 0) is 18.2 Å². The van der Waals surface area contributed by atoms with Crippen LogP contribution in [-0.2, 0) is 4.79 Å². The highest BCUT2D eigenvalue weighted by Gasteiger charge is 2.07. The molecule has 17 heavy (non-hydrogen) atoms. The van der Waals surface area contributed by atoms with E-state index >= 15 is 0 Å². The van der Waals surface area contributed by atoms with Gasteiger partial charge in [-0.1, -0.05) is 0 Å². The van der Waals surface area contributed by atoms with Crippen molar-refractivity contribution in [3.8, 4) is 0 Å². The fourth-order valence-corrected chi connectivity index (χ4v) is 1.38. The van der Waals surface area contributed by atoms with Gasteiger partial charge in [-0.15, -0.1) is 12.6 Å². The SMILES string of the molecule is CC(=O)NCCNC(=O)c1ccc(F)c(S)c1. The Labute approximate surface area is 104 Å². The molecule has 0 unspecified atom stereocenters. The molecule has 0 aliphatic carbocycles. The van der Waals surface area contributed by atoms with E-state index in [4.69, 9.17) is 0 Å². The van der Waals surface area contributed by atoms with Crippen LogP contribution < -0.4 is 10.6 Å². The van der Waals surface area contributed by atoms with E-state index in [1.807, 2.05) is 0 Å². The van der Waals surface area contributed by atoms with Gasteiger partial charge in [0.2, 0.25) is 5.91 Å². The molecule has 0 saturated heterocycles. The zero-order chi connectivity index (χ0) is 12.8. The number of amides is 2. The summed E-state index contributed by atoms with van der Waals surface area (Å²) < 4.78 is 12.9. The van der Waals surface area contributed by atoms with Gasteiger partial charge < -0.3 is 10.6 Å². The van der Waals surface area contributed by atoms with Gasteiger partial charge in [0.1, 0.15) is 5.82 Å². The molecule has 0 fully saturated rings. The zero-order valence-corrected chi connectivity index (χ0v) is 10.2. The van der Waals surface area contributed by atoms with Crippen LogP contribution in [0, 0.1) is 5.82 Å². The van der Waals surface area contributed by atoms with E-state index in [9.17, 15) is 14.0 Å². The number of hydrogen-bond donors (Lipinski definition) is 3. The fourth-order valence-electron chi connectivity index (χ4n) is 1.17. The summed E-state index contributed by atoms with van der Waals surface area (Å²) in [7, 11) is 0. The second kappa shape index (κ2) is 6.24. The van der Waals surface area contributed by atoms with Gasteiger partial charge in [0.15, 0.2) is 0 Å². The average molecular weight is 256 g/mol. The monoisotopic (exact) mass is 256 g/mol. The van der Waals surface area contributed by atoms with Gasteiger partial charge >= 0.3 is 0 Å². The summed E-state index contributed by atoms with van der Waals surface area (Å²) in [4.78, 5) is 22.3. The van der Waals surface area contributed by atoms with E-state index in [0.29, 0.717) is 18.7 Å². The summed E-state index contributed by atoms with van der Waals surface area (Å²) in [6.45, 7) is 2.07. The Hall–Kier alpha value is -1.56. The molecule has 1 aromatic carbocycles. The van der Waals surface area contributed by atoms with Crippen LogP contribution in [-0.4, -0.2) is 24.9 Å². The van der Waals surface area contributed by atoms with Crippen LogP contribution >= 0.6 is 12.6 Å². The van der Waals surface area contributed by atoms with Crippen molar-refractivity contribution in [2.45, 2.75) is 11.8 Å². The summed E-state index contributed by atoms with van der Waals surface area (Å²) in [6, 6.07) is 3.92. The summed E-state index contributed by atoms with van der Waals surface area (Å²) >= 11 is 3.89. The van der Waals surface area contributed by atoms with Gasteiger partial charge in [-0.3, -0.25) is 9.59 Å². The highest BCUT2D eigenvalue weighted by Crippen LogP contribution is 2.13. The molecule has 0 atom stereocenters. The van der Waals surface area contributed by atoms with Crippen LogP contribution in [0.4, 0.5) is 4.39 Å². The van der Waals surface area contributed by atoms with E-state index in [0.717, 1.165) is 0 Å². The molecule has 0 spiro atoms. The van der Waals surface area contributed by atoms with Crippen molar-refractivity contribution in [1.82, 2.24) is 10.6 Å². The van der Waals surface area contributed by atoms with Crippen molar-refractivity contribution in [3.05, 3.63) is 29.6 Å². The Kier molecular flexibility index (Phi) is 4.96. The van der Waals surface area contributed by atoms with E-state index in [1.54, 1.807) is 0 Å². The number of halogens is 1. The van der Waals surface area contributed by atoms with Crippen molar-refractivity contribution >= 4 is 24.4 Å². The standard InChI is InChI=1S/C11H13FN2O2S/c1-7(15)13-4-5-14-11(16)8-2-3-9(12)10(17)6-8/h2-3,6,17H,4-5H2,1H3,(H,13,15)(H,14,16). The maximum absolute atomic E-state index is 12.9. The lowest BCUT2D eigenvalue weighted by atomic mass is 10.2. The van der Waals surface area contributed by atoms with Crippen molar-refractivity contribution in [2.24, 2.45) is 0 Å². The predicted octanol–water partition coefficient (Wildman–Crippen LogP) is 0.980. The normalized spacial score (nSPS) is 9.82. The first-order valence-electron chi connectivity index (χ1n) is 5.02. The molecule has 1 aromatic rings. The fraction of sp³-hybridized carbons (Fsp3) is 0.273. The molecule has 0 saturated carbocycles. The Bertz CT molecular complexity index is 437. The van der Waals surface area contributed by atoms with Crippen molar-refractivity contribution in [1.29, 1.82) is 0 Å². The molecular formula is C11H13FN2O2S. The van der Waals surface area contributed by atoms with E-state index in [1.165, 1.54) is 25.1 Å². The van der Waals surface area contributed by atoms with Crippen molar-refractivity contribution in [3.63, 3.8) is 0 Å². The Morgan fingerprint density at radius 1 is 1.29 bits per heavy atom. The lowest BCUT2D eigenvalue weighted by molar-refractivity contribution is -0.118. The number of rotatable bonds is 4. The van der Waals surface area contributed by atoms with E-state index in [-0.39, 0.29) is 16.7 Å². The summed E-state index contributed by atoms with van der Waals surface area (Å²) in [5.74, 6) is -0.951. The minimum atomic E-state index is -0.469. The third-order valence-corrected chi connectivity index (χ3v) is 2.34. The van der Waals surface area contributed by atoms with Crippen molar-refractivity contribution in [2.75, 3.05) is 13.1 Å². The molecule has 0 aromatic heterocycles. The molecule has 4 nitrogen and oxygen atoms in total. The highest BCUT2D eigenvalue weighted by atomic mass is 32.1. The number of benzene rings is 1. The highest BCUT2D eigenvalue weighted by molar-refractivity contribution is 7.80. The van der Waals surface area contributed by atoms with Gasteiger partial charge in [0, 0.05) is 30.5 Å². The topological polar surface area (TPSA) is 58.2 Å². The lowest BCUT2D eigenvalue weighted by Crippen LogP contribution is -2.33. The van der Waals surface area contributed by atoms with Gasteiger partial charge in [-0.2, -0.15) is 0 Å². The van der Waals surface area contributed by atoms with Crippen LogP contribution in [0.15, 0.2) is 23.1 Å². The summed E-state index contributed by atoms with van der Waals surface area (Å²) in [5, 5.41) is 5.14. The second-order valence-corrected chi connectivity index (χ2v) is 3.89. The number of nitrogens with one attached hydrogen (secondary N) is 2. The zero-order valence-electron chi connectivity index (χ0n) is 9.29. The molecule has 2 amide bonds. The second-order valence-electron chi connectivity index (χ2n) is 3.41. The molecule has 0 aliphatic rings. The first-order valence-corrected chi connectivity index (χ1v) is 5.46. The third kappa shape index (κ3) is 4.44. The molecule has 6 heteroatoms. The molecule has 0 aliphatic heterocycles. The molecule has 92 valence electrons. The Morgan fingerprint density at radius 2 is 1.94 bits per heavy atom. The summed E-state index contributed by atoms with van der Waals surface area (Å²) in [5.41, 5.74) is 0.333. The van der Waals surface area contributed by atoms with E-state index < -0.39 is 5.82 Å². The maximum atomic E-state index is 12.9. The molecule has 1 rings (SSSR count). The van der Waals surface area contributed by atoms with Gasteiger partial charge in [0.05, 0.1) is 0 Å². The molecule has 0 bridgehead atoms. The summed E-state index contributed by atoms with van der Waals surface area (Å²) in [6.07, 6.45) is 0. The first-order chi connectivity index (χ1) is 8.00. The Morgan fingerprint density at radius 3 is 2.53 bits per heavy atom. The quantitative estimate of drug-likeness (QED) is 0.555. The largest absolute Gasteiger partial charge is 0.355 e. The lowest BCUT2D eigenvalue weighted by Gasteiger charge is -2.06. The van der Waals surface area contributed by atoms with Crippen molar-refractivity contribution < 1.29 is 14.0 Å². The van der Waals surface area contributed by atoms with E-state index in [2.05, 4.69) is 23.3 Å². The van der Waals surface area contributed by atoms with Crippen LogP contribution in [0.25, 0.3) is 0 Å².